The average Bonchev–Trinajstić information content (AvgIpc) is 2.84. The Balaban J connectivity index is 2.18. The summed E-state index contributed by atoms with van der Waals surface area (Å²) in [5, 5.41) is 0. The third kappa shape index (κ3) is 2.80. The van der Waals surface area contributed by atoms with E-state index < -0.39 is 6.04 Å². The van der Waals surface area contributed by atoms with E-state index in [-0.39, 0.29) is 11.9 Å². The van der Waals surface area contributed by atoms with Gasteiger partial charge in [0.25, 0.3) is 5.91 Å². The number of likely N-dealkylation sites (tertiary alicyclic amines) is 1. The fraction of sp³-hybridized carbons (Fsp3) is 0.571. The van der Waals surface area contributed by atoms with Gasteiger partial charge in [0.1, 0.15) is 6.04 Å². The van der Waals surface area contributed by atoms with Crippen LogP contribution in [0.15, 0.2) is 16.7 Å². The molecule has 19 heavy (non-hydrogen) atoms. The maximum atomic E-state index is 12.4. The SMILES string of the molecule is CCOC(=O)C1CCCCN1C(=O)c1occc1C. The molecule has 1 unspecified atom stereocenters. The molecule has 1 fully saturated rings. The van der Waals surface area contributed by atoms with Crippen molar-refractivity contribution in [2.75, 3.05) is 13.2 Å². The summed E-state index contributed by atoms with van der Waals surface area (Å²) in [5.41, 5.74) is 0.790. The molecule has 1 aliphatic heterocycles. The van der Waals surface area contributed by atoms with Crippen LogP contribution in [0, 0.1) is 6.92 Å². The van der Waals surface area contributed by atoms with E-state index >= 15 is 0 Å². The van der Waals surface area contributed by atoms with Crippen molar-refractivity contribution in [3.05, 3.63) is 23.7 Å². The molecule has 5 nitrogen and oxygen atoms in total. The second-order valence-electron chi connectivity index (χ2n) is 4.69. The summed E-state index contributed by atoms with van der Waals surface area (Å²) in [4.78, 5) is 25.9. The molecule has 0 aliphatic carbocycles. The summed E-state index contributed by atoms with van der Waals surface area (Å²) in [6.45, 7) is 4.49. The lowest BCUT2D eigenvalue weighted by atomic mass is 10.0. The Morgan fingerprint density at radius 1 is 1.47 bits per heavy atom. The molecule has 1 aromatic rings. The first-order valence-electron chi connectivity index (χ1n) is 6.66. The van der Waals surface area contributed by atoms with Crippen LogP contribution in [-0.2, 0) is 9.53 Å². The quantitative estimate of drug-likeness (QED) is 0.786. The Labute approximate surface area is 112 Å². The van der Waals surface area contributed by atoms with Crippen LogP contribution in [0.1, 0.15) is 42.3 Å². The van der Waals surface area contributed by atoms with Crippen LogP contribution in [0.3, 0.4) is 0 Å². The lowest BCUT2D eigenvalue weighted by molar-refractivity contribution is -0.149. The van der Waals surface area contributed by atoms with Gasteiger partial charge in [-0.1, -0.05) is 0 Å². The highest BCUT2D eigenvalue weighted by atomic mass is 16.5. The molecule has 0 bridgehead atoms. The van der Waals surface area contributed by atoms with Crippen LogP contribution in [0.5, 0.6) is 0 Å². The van der Waals surface area contributed by atoms with E-state index in [1.54, 1.807) is 17.9 Å². The number of carbonyl (C=O) groups excluding carboxylic acids is 2. The maximum Gasteiger partial charge on any atom is 0.328 e. The van der Waals surface area contributed by atoms with Gasteiger partial charge in [0.2, 0.25) is 0 Å². The van der Waals surface area contributed by atoms with Crippen molar-refractivity contribution in [1.82, 2.24) is 4.90 Å². The number of aryl methyl sites for hydroxylation is 1. The molecule has 1 aromatic heterocycles. The van der Waals surface area contributed by atoms with E-state index in [4.69, 9.17) is 9.15 Å². The smallest absolute Gasteiger partial charge is 0.328 e. The first-order chi connectivity index (χ1) is 9.15. The zero-order valence-corrected chi connectivity index (χ0v) is 11.3. The van der Waals surface area contributed by atoms with Crippen molar-refractivity contribution >= 4 is 11.9 Å². The summed E-state index contributed by atoms with van der Waals surface area (Å²) >= 11 is 0. The number of carbonyl (C=O) groups is 2. The second kappa shape index (κ2) is 5.91. The molecular weight excluding hydrogens is 246 g/mol. The van der Waals surface area contributed by atoms with Crippen LogP contribution in [-0.4, -0.2) is 36.0 Å². The Morgan fingerprint density at radius 3 is 2.89 bits per heavy atom. The molecule has 0 aromatic carbocycles. The highest BCUT2D eigenvalue weighted by Gasteiger charge is 2.35. The van der Waals surface area contributed by atoms with Gasteiger partial charge in [-0.25, -0.2) is 4.79 Å². The maximum absolute atomic E-state index is 12.4. The molecule has 2 rings (SSSR count). The third-order valence-corrected chi connectivity index (χ3v) is 3.38. The number of piperidine rings is 1. The standard InChI is InChI=1S/C14H19NO4/c1-3-18-14(17)11-6-4-5-8-15(11)13(16)12-10(2)7-9-19-12/h7,9,11H,3-6,8H2,1-2H3. The number of furan rings is 1. The molecule has 0 radical (unpaired) electrons. The largest absolute Gasteiger partial charge is 0.464 e. The number of hydrogen-bond acceptors (Lipinski definition) is 4. The number of hydrogen-bond donors (Lipinski definition) is 0. The van der Waals surface area contributed by atoms with Gasteiger partial charge in [-0.05, 0) is 39.2 Å². The van der Waals surface area contributed by atoms with E-state index in [9.17, 15) is 9.59 Å². The molecular formula is C14H19NO4. The minimum absolute atomic E-state index is 0.222. The summed E-state index contributed by atoms with van der Waals surface area (Å²) in [5.74, 6) is -0.226. The van der Waals surface area contributed by atoms with Gasteiger partial charge in [0.15, 0.2) is 5.76 Å². The molecule has 1 atom stereocenters. The van der Waals surface area contributed by atoms with Gasteiger partial charge >= 0.3 is 5.97 Å². The lowest BCUT2D eigenvalue weighted by Gasteiger charge is -2.33. The summed E-state index contributed by atoms with van der Waals surface area (Å²) < 4.78 is 10.3. The van der Waals surface area contributed by atoms with Gasteiger partial charge in [0, 0.05) is 12.1 Å². The minimum atomic E-state index is -0.481. The topological polar surface area (TPSA) is 59.8 Å². The molecule has 1 aliphatic rings. The normalized spacial score (nSPS) is 19.3. The average molecular weight is 265 g/mol. The van der Waals surface area contributed by atoms with Gasteiger partial charge in [-0.3, -0.25) is 4.79 Å². The molecule has 1 amide bonds. The van der Waals surface area contributed by atoms with Crippen molar-refractivity contribution in [3.63, 3.8) is 0 Å². The molecule has 5 heteroatoms. The first kappa shape index (κ1) is 13.6. The van der Waals surface area contributed by atoms with Crippen molar-refractivity contribution in [2.45, 2.75) is 39.2 Å². The fourth-order valence-corrected chi connectivity index (χ4v) is 2.38. The predicted molar refractivity (Wildman–Crippen MR) is 68.8 cm³/mol. The monoisotopic (exact) mass is 265 g/mol. The summed E-state index contributed by atoms with van der Waals surface area (Å²) in [7, 11) is 0. The van der Waals surface area contributed by atoms with Crippen LogP contribution >= 0.6 is 0 Å². The third-order valence-electron chi connectivity index (χ3n) is 3.38. The van der Waals surface area contributed by atoms with E-state index in [1.807, 2.05) is 6.92 Å². The molecule has 2 heterocycles. The van der Waals surface area contributed by atoms with Crippen molar-refractivity contribution in [1.29, 1.82) is 0 Å². The van der Waals surface area contributed by atoms with Gasteiger partial charge in [-0.2, -0.15) is 0 Å². The van der Waals surface area contributed by atoms with Gasteiger partial charge in [-0.15, -0.1) is 0 Å². The van der Waals surface area contributed by atoms with Crippen LogP contribution in [0.25, 0.3) is 0 Å². The number of nitrogens with zero attached hydrogens (tertiary/aromatic N) is 1. The Morgan fingerprint density at radius 2 is 2.26 bits per heavy atom. The van der Waals surface area contributed by atoms with E-state index in [1.165, 1.54) is 6.26 Å². The number of ether oxygens (including phenoxy) is 1. The summed E-state index contributed by atoms with van der Waals surface area (Å²) in [6.07, 6.45) is 3.99. The van der Waals surface area contributed by atoms with Crippen LogP contribution in [0.2, 0.25) is 0 Å². The first-order valence-corrected chi connectivity index (χ1v) is 6.66. The van der Waals surface area contributed by atoms with E-state index in [0.717, 1.165) is 18.4 Å². The highest BCUT2D eigenvalue weighted by molar-refractivity contribution is 5.95. The fourth-order valence-electron chi connectivity index (χ4n) is 2.38. The number of amides is 1. The minimum Gasteiger partial charge on any atom is -0.464 e. The van der Waals surface area contributed by atoms with Crippen LogP contribution in [0.4, 0.5) is 0 Å². The van der Waals surface area contributed by atoms with Gasteiger partial charge < -0.3 is 14.1 Å². The molecule has 0 saturated carbocycles. The van der Waals surface area contributed by atoms with Crippen molar-refractivity contribution in [3.8, 4) is 0 Å². The zero-order chi connectivity index (χ0) is 13.8. The Kier molecular flexibility index (Phi) is 4.24. The molecule has 104 valence electrons. The van der Waals surface area contributed by atoms with Gasteiger partial charge in [0.05, 0.1) is 12.9 Å². The Hall–Kier alpha value is -1.78. The molecule has 1 saturated heterocycles. The molecule has 0 N–H and O–H groups in total. The summed E-state index contributed by atoms with van der Waals surface area (Å²) in [6, 6.07) is 1.27. The van der Waals surface area contributed by atoms with Crippen molar-refractivity contribution in [2.24, 2.45) is 0 Å². The van der Waals surface area contributed by atoms with E-state index in [0.29, 0.717) is 25.3 Å². The Bertz CT molecular complexity index is 466. The number of rotatable bonds is 3. The van der Waals surface area contributed by atoms with Crippen LogP contribution < -0.4 is 0 Å². The predicted octanol–water partition coefficient (Wildman–Crippen LogP) is 2.15. The van der Waals surface area contributed by atoms with Crippen molar-refractivity contribution < 1.29 is 18.7 Å². The highest BCUT2D eigenvalue weighted by Crippen LogP contribution is 2.22. The zero-order valence-electron chi connectivity index (χ0n) is 11.3. The second-order valence-corrected chi connectivity index (χ2v) is 4.69. The number of esters is 1. The lowest BCUT2D eigenvalue weighted by Crippen LogP contribution is -2.48. The molecule has 0 spiro atoms. The van der Waals surface area contributed by atoms with E-state index in [2.05, 4.69) is 0 Å².